The van der Waals surface area contributed by atoms with Crippen LogP contribution in [0.3, 0.4) is 0 Å². The first-order valence-electron chi connectivity index (χ1n) is 8.90. The molecule has 0 radical (unpaired) electrons. The Morgan fingerprint density at radius 3 is 2.63 bits per heavy atom. The number of ether oxygens (including phenoxy) is 2. The van der Waals surface area contributed by atoms with Gasteiger partial charge in [0.25, 0.3) is 0 Å². The molecular weight excluding hydrogens is 346 g/mol. The van der Waals surface area contributed by atoms with Crippen LogP contribution in [0.1, 0.15) is 39.4 Å². The second-order valence-electron chi connectivity index (χ2n) is 7.18. The quantitative estimate of drug-likeness (QED) is 0.567. The van der Waals surface area contributed by atoms with Crippen molar-refractivity contribution in [2.24, 2.45) is 4.99 Å². The van der Waals surface area contributed by atoms with Crippen LogP contribution in [-0.4, -0.2) is 42.9 Å². The van der Waals surface area contributed by atoms with Crippen LogP contribution < -0.4 is 20.1 Å². The number of nitrogens with zero attached hydrogens (tertiary/aromatic N) is 3. The minimum Gasteiger partial charge on any atom is -0.497 e. The Morgan fingerprint density at radius 2 is 2.00 bits per heavy atom. The molecule has 2 aromatic rings. The van der Waals surface area contributed by atoms with Gasteiger partial charge in [0.2, 0.25) is 5.89 Å². The summed E-state index contributed by atoms with van der Waals surface area (Å²) in [5.41, 5.74) is -0.169. The molecule has 1 aromatic heterocycles. The van der Waals surface area contributed by atoms with E-state index in [1.807, 2.05) is 52.0 Å². The van der Waals surface area contributed by atoms with Crippen molar-refractivity contribution >= 4 is 5.96 Å². The molecule has 27 heavy (non-hydrogen) atoms. The SMILES string of the molecule is CN=C(NCc1noc(C(C)(C)C)n1)NCC(C)Oc1cccc(OC)c1. The first-order valence-corrected chi connectivity index (χ1v) is 8.90. The molecule has 1 unspecified atom stereocenters. The highest BCUT2D eigenvalue weighted by Crippen LogP contribution is 2.20. The monoisotopic (exact) mass is 375 g/mol. The third kappa shape index (κ3) is 6.47. The van der Waals surface area contributed by atoms with Gasteiger partial charge in [-0.05, 0) is 19.1 Å². The van der Waals surface area contributed by atoms with Gasteiger partial charge in [-0.2, -0.15) is 4.98 Å². The van der Waals surface area contributed by atoms with Crippen LogP contribution in [0.2, 0.25) is 0 Å². The van der Waals surface area contributed by atoms with Crippen molar-refractivity contribution < 1.29 is 14.0 Å². The van der Waals surface area contributed by atoms with E-state index in [0.29, 0.717) is 30.8 Å². The van der Waals surface area contributed by atoms with Crippen molar-refractivity contribution in [3.05, 3.63) is 36.0 Å². The van der Waals surface area contributed by atoms with E-state index in [1.54, 1.807) is 14.2 Å². The van der Waals surface area contributed by atoms with E-state index in [4.69, 9.17) is 14.0 Å². The van der Waals surface area contributed by atoms with Gasteiger partial charge in [-0.15, -0.1) is 0 Å². The first-order chi connectivity index (χ1) is 12.8. The van der Waals surface area contributed by atoms with Crippen LogP contribution in [0.25, 0.3) is 0 Å². The average molecular weight is 375 g/mol. The van der Waals surface area contributed by atoms with Gasteiger partial charge >= 0.3 is 0 Å². The second-order valence-corrected chi connectivity index (χ2v) is 7.18. The van der Waals surface area contributed by atoms with E-state index >= 15 is 0 Å². The predicted molar refractivity (Wildman–Crippen MR) is 104 cm³/mol. The van der Waals surface area contributed by atoms with Crippen molar-refractivity contribution in [3.8, 4) is 11.5 Å². The predicted octanol–water partition coefficient (Wildman–Crippen LogP) is 2.51. The molecule has 2 N–H and O–H groups in total. The number of nitrogens with one attached hydrogen (secondary N) is 2. The fourth-order valence-electron chi connectivity index (χ4n) is 2.20. The zero-order chi connectivity index (χ0) is 19.9. The minimum atomic E-state index is -0.169. The van der Waals surface area contributed by atoms with E-state index in [-0.39, 0.29) is 11.5 Å². The summed E-state index contributed by atoms with van der Waals surface area (Å²) in [7, 11) is 3.34. The lowest BCUT2D eigenvalue weighted by Gasteiger charge is -2.17. The molecular formula is C19H29N5O3. The van der Waals surface area contributed by atoms with Gasteiger partial charge in [0.1, 0.15) is 17.6 Å². The van der Waals surface area contributed by atoms with Crippen LogP contribution in [0.4, 0.5) is 0 Å². The van der Waals surface area contributed by atoms with Gasteiger partial charge < -0.3 is 24.6 Å². The molecule has 8 heteroatoms. The lowest BCUT2D eigenvalue weighted by Crippen LogP contribution is -2.41. The van der Waals surface area contributed by atoms with Crippen molar-refractivity contribution in [2.45, 2.75) is 45.8 Å². The lowest BCUT2D eigenvalue weighted by atomic mass is 9.97. The molecule has 0 saturated carbocycles. The maximum Gasteiger partial charge on any atom is 0.232 e. The Hall–Kier alpha value is -2.77. The van der Waals surface area contributed by atoms with Gasteiger partial charge in [-0.3, -0.25) is 4.99 Å². The summed E-state index contributed by atoms with van der Waals surface area (Å²) < 4.78 is 16.4. The number of aromatic nitrogens is 2. The molecule has 0 spiro atoms. The molecule has 1 heterocycles. The van der Waals surface area contributed by atoms with Gasteiger partial charge in [-0.1, -0.05) is 32.0 Å². The van der Waals surface area contributed by atoms with Crippen LogP contribution in [-0.2, 0) is 12.0 Å². The summed E-state index contributed by atoms with van der Waals surface area (Å²) in [4.78, 5) is 8.59. The summed E-state index contributed by atoms with van der Waals surface area (Å²) in [6, 6.07) is 7.53. The molecule has 1 atom stereocenters. The van der Waals surface area contributed by atoms with Crippen LogP contribution in [0.15, 0.2) is 33.8 Å². The number of methoxy groups -OCH3 is 1. The summed E-state index contributed by atoms with van der Waals surface area (Å²) >= 11 is 0. The van der Waals surface area contributed by atoms with E-state index < -0.39 is 0 Å². The molecule has 0 amide bonds. The zero-order valence-corrected chi connectivity index (χ0v) is 16.9. The highest BCUT2D eigenvalue weighted by molar-refractivity contribution is 5.79. The lowest BCUT2D eigenvalue weighted by molar-refractivity contribution is 0.223. The van der Waals surface area contributed by atoms with E-state index in [1.165, 1.54) is 0 Å². The molecule has 0 aliphatic heterocycles. The molecule has 0 aliphatic carbocycles. The highest BCUT2D eigenvalue weighted by atomic mass is 16.5. The normalized spacial score (nSPS) is 13.2. The molecule has 2 rings (SSSR count). The molecule has 148 valence electrons. The summed E-state index contributed by atoms with van der Waals surface area (Å²) in [5, 5.41) is 10.4. The highest BCUT2D eigenvalue weighted by Gasteiger charge is 2.21. The number of hydrogen-bond donors (Lipinski definition) is 2. The average Bonchev–Trinajstić information content (AvgIpc) is 3.11. The Balaban J connectivity index is 1.80. The number of guanidine groups is 1. The molecule has 0 fully saturated rings. The number of aliphatic imine (C=N–C) groups is 1. The van der Waals surface area contributed by atoms with Gasteiger partial charge in [0, 0.05) is 18.5 Å². The molecule has 8 nitrogen and oxygen atoms in total. The summed E-state index contributed by atoms with van der Waals surface area (Å²) in [5.74, 6) is 3.36. The Morgan fingerprint density at radius 1 is 1.26 bits per heavy atom. The molecule has 1 aromatic carbocycles. The topological polar surface area (TPSA) is 93.8 Å². The molecule has 0 bridgehead atoms. The summed E-state index contributed by atoms with van der Waals surface area (Å²) in [6.45, 7) is 9.07. The van der Waals surface area contributed by atoms with Crippen molar-refractivity contribution in [3.63, 3.8) is 0 Å². The minimum absolute atomic E-state index is 0.0617. The number of benzene rings is 1. The standard InChI is InChI=1S/C19H29N5O3/c1-13(26-15-9-7-8-14(10-15)25-6)11-21-18(20-5)22-12-16-23-17(27-24-16)19(2,3)4/h7-10,13H,11-12H2,1-6H3,(H2,20,21,22). The van der Waals surface area contributed by atoms with E-state index in [0.717, 1.165) is 11.5 Å². The fraction of sp³-hybridized carbons (Fsp3) is 0.526. The van der Waals surface area contributed by atoms with Crippen molar-refractivity contribution in [1.82, 2.24) is 20.8 Å². The third-order valence-electron chi connectivity index (χ3n) is 3.68. The second kappa shape index (κ2) is 9.25. The zero-order valence-electron chi connectivity index (χ0n) is 16.9. The maximum absolute atomic E-state index is 5.89. The molecule has 0 saturated heterocycles. The van der Waals surface area contributed by atoms with Gasteiger partial charge in [0.05, 0.1) is 20.2 Å². The number of rotatable bonds is 7. The Labute approximate surface area is 160 Å². The smallest absolute Gasteiger partial charge is 0.232 e. The van der Waals surface area contributed by atoms with E-state index in [2.05, 4.69) is 25.8 Å². The number of hydrogen-bond acceptors (Lipinski definition) is 6. The molecule has 0 aliphatic rings. The van der Waals surface area contributed by atoms with E-state index in [9.17, 15) is 0 Å². The van der Waals surface area contributed by atoms with Gasteiger partial charge in [0.15, 0.2) is 11.8 Å². The fourth-order valence-corrected chi connectivity index (χ4v) is 2.20. The van der Waals surface area contributed by atoms with Gasteiger partial charge in [-0.25, -0.2) is 0 Å². The summed E-state index contributed by atoms with van der Waals surface area (Å²) in [6.07, 6.45) is -0.0617. The van der Waals surface area contributed by atoms with Crippen molar-refractivity contribution in [2.75, 3.05) is 20.7 Å². The maximum atomic E-state index is 5.89. The largest absolute Gasteiger partial charge is 0.497 e. The van der Waals surface area contributed by atoms with Crippen LogP contribution >= 0.6 is 0 Å². The van der Waals surface area contributed by atoms with Crippen molar-refractivity contribution in [1.29, 1.82) is 0 Å². The Kier molecular flexibility index (Phi) is 7.04. The first kappa shape index (κ1) is 20.5. The Bertz CT molecular complexity index is 752. The van der Waals surface area contributed by atoms with Crippen LogP contribution in [0.5, 0.6) is 11.5 Å². The third-order valence-corrected chi connectivity index (χ3v) is 3.68. The van der Waals surface area contributed by atoms with Crippen LogP contribution in [0, 0.1) is 0 Å².